The number of phenols is 1. The number of nitrogens with zero attached hydrogens (tertiary/aromatic N) is 5. The van der Waals surface area contributed by atoms with Crippen molar-refractivity contribution in [1.29, 1.82) is 0 Å². The van der Waals surface area contributed by atoms with Gasteiger partial charge in [0.1, 0.15) is 11.1 Å². The van der Waals surface area contributed by atoms with Crippen molar-refractivity contribution in [3.63, 3.8) is 0 Å². The first-order valence-corrected chi connectivity index (χ1v) is 15.9. The number of aromatic hydroxyl groups is 1. The van der Waals surface area contributed by atoms with Crippen LogP contribution in [0.15, 0.2) is 49.3 Å². The lowest BCUT2D eigenvalue weighted by atomic mass is 9.87. The molecule has 2 bridgehead atoms. The normalized spacial score (nSPS) is 30.0. The van der Waals surface area contributed by atoms with E-state index < -0.39 is 42.3 Å². The molecule has 14 heteroatoms. The summed E-state index contributed by atoms with van der Waals surface area (Å²) in [6.07, 6.45) is 2.23. The number of phenolic OH excluding ortho intramolecular Hbond substituents is 1. The number of rotatable bonds is 3. The Bertz CT molecular complexity index is 1600. The van der Waals surface area contributed by atoms with Crippen LogP contribution in [-0.4, -0.2) is 90.8 Å². The number of likely N-dealkylation sites (tertiary alicyclic amines) is 1. The molecular weight excluding hydrogens is 606 g/mol. The van der Waals surface area contributed by atoms with Gasteiger partial charge in [-0.15, -0.1) is 0 Å². The van der Waals surface area contributed by atoms with Gasteiger partial charge < -0.3 is 40.8 Å². The van der Waals surface area contributed by atoms with Crippen LogP contribution < -0.4 is 22.2 Å². The average Bonchev–Trinajstić information content (AvgIpc) is 3.38. The van der Waals surface area contributed by atoms with Crippen molar-refractivity contribution in [2.24, 2.45) is 43.3 Å². The van der Waals surface area contributed by atoms with Crippen LogP contribution in [-0.2, 0) is 25.4 Å². The van der Waals surface area contributed by atoms with Gasteiger partial charge >= 0.3 is 6.09 Å². The molecule has 1 fully saturated rings. The summed E-state index contributed by atoms with van der Waals surface area (Å²) >= 11 is 0. The maximum Gasteiger partial charge on any atom is 0.405 e. The summed E-state index contributed by atoms with van der Waals surface area (Å²) in [7, 11) is 3.03. The van der Waals surface area contributed by atoms with Crippen LogP contribution in [0.3, 0.4) is 0 Å². The third-order valence-corrected chi connectivity index (χ3v) is 8.89. The molecule has 3 aliphatic rings. The fourth-order valence-corrected chi connectivity index (χ4v) is 6.06. The zero-order valence-corrected chi connectivity index (χ0v) is 28.0. The summed E-state index contributed by atoms with van der Waals surface area (Å²) in [5, 5.41) is 23.3. The molecule has 4 rings (SSSR count). The van der Waals surface area contributed by atoms with Crippen molar-refractivity contribution in [2.45, 2.75) is 84.2 Å². The molecule has 47 heavy (non-hydrogen) atoms. The molecule has 256 valence electrons. The highest BCUT2D eigenvalue weighted by Gasteiger charge is 2.31. The Hall–Kier alpha value is -4.14. The number of aliphatic hydroxyl groups is 1. The molecule has 3 heterocycles. The minimum absolute atomic E-state index is 0.0583. The van der Waals surface area contributed by atoms with Gasteiger partial charge in [0.05, 0.1) is 29.4 Å². The number of allylic oxidation sites excluding steroid dienone is 1. The van der Waals surface area contributed by atoms with Crippen LogP contribution in [0, 0.1) is 11.8 Å². The minimum Gasteiger partial charge on any atom is -0.505 e. The van der Waals surface area contributed by atoms with Crippen molar-refractivity contribution < 1.29 is 34.0 Å². The second-order valence-corrected chi connectivity index (χ2v) is 12.5. The van der Waals surface area contributed by atoms with E-state index in [1.165, 1.54) is 20.3 Å². The quantitative estimate of drug-likeness (QED) is 0.213. The number of aliphatic imine (C=N–C) groups is 2. The first-order valence-electron chi connectivity index (χ1n) is 15.9. The van der Waals surface area contributed by atoms with Gasteiger partial charge in [0.15, 0.2) is 12.1 Å². The monoisotopic (exact) mass is 653 g/mol. The maximum absolute atomic E-state index is 13.2. The Morgan fingerprint density at radius 2 is 1.79 bits per heavy atom. The average molecular weight is 654 g/mol. The number of hydrogen-bond donors (Lipinski definition) is 4. The van der Waals surface area contributed by atoms with Gasteiger partial charge in [-0.25, -0.2) is 19.8 Å². The van der Waals surface area contributed by atoms with Gasteiger partial charge in [0, 0.05) is 44.4 Å². The Morgan fingerprint density at radius 3 is 2.40 bits per heavy atom. The highest BCUT2D eigenvalue weighted by atomic mass is 16.6. The van der Waals surface area contributed by atoms with E-state index in [1.807, 2.05) is 24.8 Å². The number of aliphatic hydroxyl groups excluding tert-OH is 1. The summed E-state index contributed by atoms with van der Waals surface area (Å²) < 4.78 is 16.9. The summed E-state index contributed by atoms with van der Waals surface area (Å²) in [5.74, 6) is -0.776. The molecule has 2 amide bonds. The predicted octanol–water partition coefficient (Wildman–Crippen LogP) is 1.93. The molecule has 0 aromatic heterocycles. The fraction of sp³-hybridized carbons (Fsp3) is 0.576. The zero-order chi connectivity index (χ0) is 34.4. The topological polar surface area (TPSA) is 207 Å². The lowest BCUT2D eigenvalue weighted by Crippen LogP contribution is -2.46. The van der Waals surface area contributed by atoms with Crippen LogP contribution in [0.5, 0.6) is 5.75 Å². The van der Waals surface area contributed by atoms with E-state index in [4.69, 9.17) is 25.7 Å². The molecule has 0 saturated carbocycles. The number of primary amides is 1. The van der Waals surface area contributed by atoms with Crippen LogP contribution in [0.4, 0.5) is 10.5 Å². The molecule has 0 radical (unpaired) electrons. The highest BCUT2D eigenvalue weighted by molar-refractivity contribution is 5.97. The molecule has 6 atom stereocenters. The molecule has 0 spiro atoms. The summed E-state index contributed by atoms with van der Waals surface area (Å²) in [6.45, 7) is 8.87. The van der Waals surface area contributed by atoms with E-state index >= 15 is 0 Å². The Morgan fingerprint density at radius 1 is 1.09 bits per heavy atom. The van der Waals surface area contributed by atoms with Crippen LogP contribution in [0.1, 0.15) is 58.9 Å². The van der Waals surface area contributed by atoms with E-state index in [-0.39, 0.29) is 23.0 Å². The van der Waals surface area contributed by atoms with Crippen molar-refractivity contribution in [3.05, 3.63) is 45.6 Å². The fourth-order valence-electron chi connectivity index (χ4n) is 6.06. The van der Waals surface area contributed by atoms with Crippen molar-refractivity contribution >= 4 is 29.6 Å². The third kappa shape index (κ3) is 8.62. The molecule has 0 unspecified atom stereocenters. The van der Waals surface area contributed by atoms with E-state index in [0.29, 0.717) is 59.4 Å². The molecular formula is C33H47N7O7. The molecule has 1 aromatic carbocycles. The number of benzene rings is 1. The number of carbonyl (C=O) groups is 2. The zero-order valence-electron chi connectivity index (χ0n) is 28.0. The lowest BCUT2D eigenvalue weighted by molar-refractivity contribution is -0.114. The van der Waals surface area contributed by atoms with Crippen molar-refractivity contribution in [2.75, 3.05) is 27.3 Å². The van der Waals surface area contributed by atoms with Crippen LogP contribution >= 0.6 is 0 Å². The van der Waals surface area contributed by atoms with Gasteiger partial charge in [-0.2, -0.15) is 4.99 Å². The summed E-state index contributed by atoms with van der Waals surface area (Å²) in [6, 6.07) is 1.52. The molecule has 6 N–H and O–H groups in total. The van der Waals surface area contributed by atoms with Gasteiger partial charge in [-0.05, 0) is 63.5 Å². The number of amides is 2. The number of guanidine groups is 2. The van der Waals surface area contributed by atoms with Crippen LogP contribution in [0.2, 0.25) is 0 Å². The van der Waals surface area contributed by atoms with E-state index in [9.17, 15) is 19.8 Å². The summed E-state index contributed by atoms with van der Waals surface area (Å²) in [4.78, 5) is 44.8. The number of nitrogens with two attached hydrogens (primary N) is 2. The first kappa shape index (κ1) is 35.7. The smallest absolute Gasteiger partial charge is 0.405 e. The lowest BCUT2D eigenvalue weighted by Gasteiger charge is -2.31. The van der Waals surface area contributed by atoms with Crippen molar-refractivity contribution in [1.82, 2.24) is 4.90 Å². The molecule has 14 nitrogen and oxygen atoms in total. The highest BCUT2D eigenvalue weighted by Crippen LogP contribution is 2.27. The number of fused-ring (bicyclic) bond motifs is 4. The number of carbonyl (C=O) groups excluding carboxylic acids is 2. The predicted molar refractivity (Wildman–Crippen MR) is 176 cm³/mol. The van der Waals surface area contributed by atoms with Gasteiger partial charge in [-0.1, -0.05) is 26.0 Å². The van der Waals surface area contributed by atoms with Crippen LogP contribution in [0.25, 0.3) is 0 Å². The van der Waals surface area contributed by atoms with Gasteiger partial charge in [0.25, 0.3) is 11.9 Å². The Kier molecular flexibility index (Phi) is 11.9. The molecule has 0 aliphatic carbocycles. The molecule has 1 saturated heterocycles. The molecule has 3 aliphatic heterocycles. The minimum atomic E-state index is -0.955. The second-order valence-electron chi connectivity index (χ2n) is 12.5. The van der Waals surface area contributed by atoms with E-state index in [2.05, 4.69) is 20.0 Å². The summed E-state index contributed by atoms with van der Waals surface area (Å²) in [5.41, 5.74) is 13.4. The van der Waals surface area contributed by atoms with E-state index in [1.54, 1.807) is 19.9 Å². The SMILES string of the molecule is CO[C@H]1C[C@H](C)Cc2c(O)c(cc3c2=NC(/N=C(\N)N2CCC2)=N3)=NC(=O)/C(C)=C/CC[C@H](OC)[C@@H](OC(N)=O)/C(C)=C/[C@H](C)[C@H]1O. The van der Waals surface area contributed by atoms with Gasteiger partial charge in [-0.3, -0.25) is 4.79 Å². The Balaban J connectivity index is 1.79. The number of ether oxygens (including phenoxy) is 3. The number of hydrogen-bond acceptors (Lipinski definition) is 10. The molecule has 1 aromatic rings. The van der Waals surface area contributed by atoms with Gasteiger partial charge in [0.2, 0.25) is 0 Å². The first-order chi connectivity index (χ1) is 22.3. The number of methoxy groups -OCH3 is 2. The maximum atomic E-state index is 13.2. The van der Waals surface area contributed by atoms with Crippen molar-refractivity contribution in [3.8, 4) is 5.75 Å². The standard InChI is InChI=1S/C33H47N7O7/c1-17-13-21-26-22(37-33(38-26)39-31(34)40-11-8-12-40)16-23(28(21)42)36-30(43)18(2)9-7-10-24(45-5)29(47-32(35)44)20(4)15-19(3)27(41)25(14-17)46-6/h9,15-17,19,24-25,27,29,41-42H,7-8,10-14H2,1-6H3,(H2,35,44)(H2,34,37,39)/b18-9+,20-15+,36-23?/t17-,19+,24+,25+,27-,29+/m1/s1. The Labute approximate surface area is 274 Å². The third-order valence-electron chi connectivity index (χ3n) is 8.89. The second kappa shape index (κ2) is 15.6. The largest absolute Gasteiger partial charge is 0.505 e. The van der Waals surface area contributed by atoms with E-state index in [0.717, 1.165) is 19.5 Å².